The highest BCUT2D eigenvalue weighted by molar-refractivity contribution is 5.73. The quantitative estimate of drug-likeness (QED) is 0.802. The summed E-state index contributed by atoms with van der Waals surface area (Å²) in [5, 5.41) is 12.1. The first-order valence-corrected chi connectivity index (χ1v) is 5.79. The minimum absolute atomic E-state index is 0.108. The SMILES string of the molecule is CCCC(NC(C)c1ccc(F)cc1)C(=O)O. The maximum Gasteiger partial charge on any atom is 0.320 e. The van der Waals surface area contributed by atoms with Gasteiger partial charge in [0.15, 0.2) is 0 Å². The highest BCUT2D eigenvalue weighted by Gasteiger charge is 2.18. The zero-order chi connectivity index (χ0) is 12.8. The van der Waals surface area contributed by atoms with E-state index in [-0.39, 0.29) is 11.9 Å². The zero-order valence-electron chi connectivity index (χ0n) is 10.1. The van der Waals surface area contributed by atoms with Gasteiger partial charge >= 0.3 is 5.97 Å². The third-order valence-corrected chi connectivity index (χ3v) is 2.70. The van der Waals surface area contributed by atoms with Crippen LogP contribution in [0, 0.1) is 5.82 Å². The molecule has 0 saturated carbocycles. The molecule has 0 aliphatic carbocycles. The monoisotopic (exact) mass is 239 g/mol. The number of rotatable bonds is 6. The lowest BCUT2D eigenvalue weighted by molar-refractivity contribution is -0.139. The van der Waals surface area contributed by atoms with Gasteiger partial charge < -0.3 is 5.11 Å². The summed E-state index contributed by atoms with van der Waals surface area (Å²) in [6.45, 7) is 3.82. The van der Waals surface area contributed by atoms with E-state index in [2.05, 4.69) is 5.32 Å². The number of nitrogens with one attached hydrogen (secondary N) is 1. The Hall–Kier alpha value is -1.42. The Kier molecular flexibility index (Phi) is 5.10. The van der Waals surface area contributed by atoms with Crippen molar-refractivity contribution in [3.05, 3.63) is 35.6 Å². The number of hydrogen-bond acceptors (Lipinski definition) is 2. The highest BCUT2D eigenvalue weighted by Crippen LogP contribution is 2.14. The molecule has 1 aromatic carbocycles. The number of carbonyl (C=O) groups is 1. The van der Waals surface area contributed by atoms with Crippen molar-refractivity contribution < 1.29 is 14.3 Å². The van der Waals surface area contributed by atoms with Gasteiger partial charge in [0.2, 0.25) is 0 Å². The lowest BCUT2D eigenvalue weighted by Gasteiger charge is -2.20. The summed E-state index contributed by atoms with van der Waals surface area (Å²) in [5.41, 5.74) is 0.883. The molecule has 0 fully saturated rings. The summed E-state index contributed by atoms with van der Waals surface area (Å²) in [5.74, 6) is -1.13. The van der Waals surface area contributed by atoms with Crippen LogP contribution in [0.4, 0.5) is 4.39 Å². The minimum atomic E-state index is -0.846. The largest absolute Gasteiger partial charge is 0.480 e. The number of hydrogen-bond donors (Lipinski definition) is 2. The average molecular weight is 239 g/mol. The molecule has 1 aromatic rings. The van der Waals surface area contributed by atoms with E-state index in [4.69, 9.17) is 5.11 Å². The van der Waals surface area contributed by atoms with Crippen molar-refractivity contribution in [1.29, 1.82) is 0 Å². The Bertz CT molecular complexity index is 364. The van der Waals surface area contributed by atoms with Gasteiger partial charge in [-0.3, -0.25) is 10.1 Å². The average Bonchev–Trinajstić information content (AvgIpc) is 2.29. The van der Waals surface area contributed by atoms with Gasteiger partial charge in [-0.1, -0.05) is 25.5 Å². The molecule has 94 valence electrons. The van der Waals surface area contributed by atoms with Crippen molar-refractivity contribution in [2.75, 3.05) is 0 Å². The molecular formula is C13H18FNO2. The Labute approximate surface area is 101 Å². The first kappa shape index (κ1) is 13.6. The lowest BCUT2D eigenvalue weighted by Crippen LogP contribution is -2.38. The first-order chi connectivity index (χ1) is 8.04. The van der Waals surface area contributed by atoms with Gasteiger partial charge in [-0.05, 0) is 31.0 Å². The van der Waals surface area contributed by atoms with Crippen molar-refractivity contribution in [1.82, 2.24) is 5.32 Å². The minimum Gasteiger partial charge on any atom is -0.480 e. The predicted octanol–water partition coefficient (Wildman–Crippen LogP) is 2.73. The van der Waals surface area contributed by atoms with E-state index in [1.165, 1.54) is 12.1 Å². The van der Waals surface area contributed by atoms with E-state index in [1.54, 1.807) is 12.1 Å². The molecule has 4 heteroatoms. The summed E-state index contributed by atoms with van der Waals surface area (Å²) < 4.78 is 12.7. The van der Waals surface area contributed by atoms with Crippen LogP contribution < -0.4 is 5.32 Å². The van der Waals surface area contributed by atoms with E-state index in [9.17, 15) is 9.18 Å². The number of halogens is 1. The Morgan fingerprint density at radius 3 is 2.47 bits per heavy atom. The molecule has 0 aliphatic rings. The van der Waals surface area contributed by atoms with Gasteiger partial charge in [0.25, 0.3) is 0 Å². The summed E-state index contributed by atoms with van der Waals surface area (Å²) in [4.78, 5) is 11.0. The number of aliphatic carboxylic acids is 1. The molecule has 2 atom stereocenters. The van der Waals surface area contributed by atoms with Crippen molar-refractivity contribution in [2.24, 2.45) is 0 Å². The molecule has 17 heavy (non-hydrogen) atoms. The molecule has 0 bridgehead atoms. The van der Waals surface area contributed by atoms with E-state index in [0.29, 0.717) is 6.42 Å². The Morgan fingerprint density at radius 2 is 2.00 bits per heavy atom. The maximum atomic E-state index is 12.7. The number of carboxylic acid groups (broad SMARTS) is 1. The number of benzene rings is 1. The second-order valence-electron chi connectivity index (χ2n) is 4.12. The van der Waals surface area contributed by atoms with Crippen LogP contribution in [0.3, 0.4) is 0 Å². The second-order valence-corrected chi connectivity index (χ2v) is 4.12. The van der Waals surface area contributed by atoms with Crippen LogP contribution >= 0.6 is 0 Å². The molecule has 0 amide bonds. The van der Waals surface area contributed by atoms with Crippen molar-refractivity contribution in [3.63, 3.8) is 0 Å². The van der Waals surface area contributed by atoms with Crippen LogP contribution in [0.1, 0.15) is 38.3 Å². The second kappa shape index (κ2) is 6.35. The van der Waals surface area contributed by atoms with Crippen LogP contribution in [0.2, 0.25) is 0 Å². The molecule has 2 N–H and O–H groups in total. The van der Waals surface area contributed by atoms with Gasteiger partial charge in [0.1, 0.15) is 11.9 Å². The van der Waals surface area contributed by atoms with Crippen molar-refractivity contribution in [3.8, 4) is 0 Å². The van der Waals surface area contributed by atoms with E-state index in [1.807, 2.05) is 13.8 Å². The van der Waals surface area contributed by atoms with Crippen LogP contribution in [-0.2, 0) is 4.79 Å². The van der Waals surface area contributed by atoms with Crippen LogP contribution in [0.25, 0.3) is 0 Å². The molecule has 3 nitrogen and oxygen atoms in total. The molecule has 2 unspecified atom stereocenters. The fourth-order valence-corrected chi connectivity index (χ4v) is 1.72. The fourth-order valence-electron chi connectivity index (χ4n) is 1.72. The molecule has 0 heterocycles. The molecule has 0 radical (unpaired) electrons. The smallest absolute Gasteiger partial charge is 0.320 e. The van der Waals surface area contributed by atoms with Crippen LogP contribution in [0.15, 0.2) is 24.3 Å². The third kappa shape index (κ3) is 4.15. The zero-order valence-corrected chi connectivity index (χ0v) is 10.1. The lowest BCUT2D eigenvalue weighted by atomic mass is 10.1. The van der Waals surface area contributed by atoms with Crippen LogP contribution in [0.5, 0.6) is 0 Å². The summed E-state index contributed by atoms with van der Waals surface area (Å²) in [7, 11) is 0. The molecule has 0 aromatic heterocycles. The highest BCUT2D eigenvalue weighted by atomic mass is 19.1. The van der Waals surface area contributed by atoms with Crippen molar-refractivity contribution >= 4 is 5.97 Å². The topological polar surface area (TPSA) is 49.3 Å². The molecule has 0 aliphatic heterocycles. The maximum absolute atomic E-state index is 12.7. The predicted molar refractivity (Wildman–Crippen MR) is 64.3 cm³/mol. The molecule has 0 spiro atoms. The van der Waals surface area contributed by atoms with Crippen LogP contribution in [-0.4, -0.2) is 17.1 Å². The Balaban J connectivity index is 2.66. The summed E-state index contributed by atoms with van der Waals surface area (Å²) >= 11 is 0. The fraction of sp³-hybridized carbons (Fsp3) is 0.462. The molecular weight excluding hydrogens is 221 g/mol. The van der Waals surface area contributed by atoms with E-state index >= 15 is 0 Å². The Morgan fingerprint density at radius 1 is 1.41 bits per heavy atom. The van der Waals surface area contributed by atoms with E-state index < -0.39 is 12.0 Å². The number of carboxylic acids is 1. The normalized spacial score (nSPS) is 14.3. The van der Waals surface area contributed by atoms with Gasteiger partial charge in [0.05, 0.1) is 0 Å². The van der Waals surface area contributed by atoms with Gasteiger partial charge in [-0.15, -0.1) is 0 Å². The van der Waals surface area contributed by atoms with Gasteiger partial charge in [0, 0.05) is 6.04 Å². The van der Waals surface area contributed by atoms with Gasteiger partial charge in [-0.2, -0.15) is 0 Å². The summed E-state index contributed by atoms with van der Waals surface area (Å²) in [6, 6.07) is 5.42. The molecule has 1 rings (SSSR count). The van der Waals surface area contributed by atoms with Gasteiger partial charge in [-0.25, -0.2) is 4.39 Å². The summed E-state index contributed by atoms with van der Waals surface area (Å²) in [6.07, 6.45) is 1.39. The van der Waals surface area contributed by atoms with Crippen molar-refractivity contribution in [2.45, 2.75) is 38.8 Å². The first-order valence-electron chi connectivity index (χ1n) is 5.79. The standard InChI is InChI=1S/C13H18FNO2/c1-3-4-12(13(16)17)15-9(2)10-5-7-11(14)8-6-10/h5-9,12,15H,3-4H2,1-2H3,(H,16,17). The third-order valence-electron chi connectivity index (χ3n) is 2.70. The van der Waals surface area contributed by atoms with E-state index in [0.717, 1.165) is 12.0 Å². The molecule has 0 saturated heterocycles.